The van der Waals surface area contributed by atoms with Crippen molar-refractivity contribution in [3.63, 3.8) is 0 Å². The SMILES string of the molecule is Nc1cccc(C(=O)O)c1OCCN1CCCCC1. The lowest BCUT2D eigenvalue weighted by Crippen LogP contribution is -2.33. The Kier molecular flexibility index (Phi) is 4.63. The number of piperidine rings is 1. The Labute approximate surface area is 113 Å². The molecule has 0 spiro atoms. The predicted octanol–water partition coefficient (Wildman–Crippen LogP) is 1.83. The second-order valence-electron chi connectivity index (χ2n) is 4.78. The van der Waals surface area contributed by atoms with E-state index in [9.17, 15) is 4.79 Å². The molecule has 0 aliphatic carbocycles. The van der Waals surface area contributed by atoms with Crippen molar-refractivity contribution in [1.29, 1.82) is 0 Å². The summed E-state index contributed by atoms with van der Waals surface area (Å²) in [6.07, 6.45) is 3.76. The maximum absolute atomic E-state index is 11.1. The summed E-state index contributed by atoms with van der Waals surface area (Å²) < 4.78 is 5.58. The fraction of sp³-hybridized carbons (Fsp3) is 0.500. The van der Waals surface area contributed by atoms with Crippen molar-refractivity contribution < 1.29 is 14.6 Å². The number of benzene rings is 1. The van der Waals surface area contributed by atoms with Crippen LogP contribution in [0.25, 0.3) is 0 Å². The highest BCUT2D eigenvalue weighted by molar-refractivity contribution is 5.93. The molecular weight excluding hydrogens is 244 g/mol. The van der Waals surface area contributed by atoms with Gasteiger partial charge in [-0.05, 0) is 38.1 Å². The van der Waals surface area contributed by atoms with Gasteiger partial charge in [0.25, 0.3) is 0 Å². The fourth-order valence-electron chi connectivity index (χ4n) is 2.34. The van der Waals surface area contributed by atoms with Crippen LogP contribution >= 0.6 is 0 Å². The number of nitrogens with two attached hydrogens (primary N) is 1. The van der Waals surface area contributed by atoms with Crippen LogP contribution in [0.2, 0.25) is 0 Å². The first-order valence-corrected chi connectivity index (χ1v) is 6.65. The van der Waals surface area contributed by atoms with Gasteiger partial charge in [-0.25, -0.2) is 4.79 Å². The molecule has 104 valence electrons. The van der Waals surface area contributed by atoms with E-state index in [-0.39, 0.29) is 11.3 Å². The third kappa shape index (κ3) is 3.61. The number of nitrogens with zero attached hydrogens (tertiary/aromatic N) is 1. The molecule has 1 fully saturated rings. The molecule has 0 atom stereocenters. The van der Waals surface area contributed by atoms with E-state index in [2.05, 4.69) is 4.90 Å². The van der Waals surface area contributed by atoms with Crippen LogP contribution in [0.5, 0.6) is 5.75 Å². The Hall–Kier alpha value is -1.75. The number of carbonyl (C=O) groups is 1. The Morgan fingerprint density at radius 1 is 1.32 bits per heavy atom. The monoisotopic (exact) mass is 264 g/mol. The van der Waals surface area contributed by atoms with Crippen LogP contribution in [0.1, 0.15) is 29.6 Å². The maximum atomic E-state index is 11.1. The van der Waals surface area contributed by atoms with E-state index in [0.29, 0.717) is 12.3 Å². The average molecular weight is 264 g/mol. The van der Waals surface area contributed by atoms with Crippen molar-refractivity contribution in [2.24, 2.45) is 0 Å². The van der Waals surface area contributed by atoms with Gasteiger partial charge in [-0.1, -0.05) is 12.5 Å². The number of likely N-dealkylation sites (tertiary alicyclic amines) is 1. The Balaban J connectivity index is 1.93. The molecule has 5 heteroatoms. The number of aromatic carboxylic acids is 1. The van der Waals surface area contributed by atoms with E-state index in [1.165, 1.54) is 25.3 Å². The minimum Gasteiger partial charge on any atom is -0.489 e. The molecular formula is C14H20N2O3. The van der Waals surface area contributed by atoms with Crippen molar-refractivity contribution in [3.05, 3.63) is 23.8 Å². The van der Waals surface area contributed by atoms with E-state index >= 15 is 0 Å². The van der Waals surface area contributed by atoms with Gasteiger partial charge in [0.15, 0.2) is 5.75 Å². The van der Waals surface area contributed by atoms with E-state index in [0.717, 1.165) is 19.6 Å². The summed E-state index contributed by atoms with van der Waals surface area (Å²) in [6.45, 7) is 3.47. The number of hydrogen-bond acceptors (Lipinski definition) is 4. The van der Waals surface area contributed by atoms with Gasteiger partial charge >= 0.3 is 5.97 Å². The number of ether oxygens (including phenoxy) is 1. The number of carboxylic acids is 1. The van der Waals surface area contributed by atoms with Crippen LogP contribution < -0.4 is 10.5 Å². The third-order valence-corrected chi connectivity index (χ3v) is 3.38. The van der Waals surface area contributed by atoms with Gasteiger partial charge in [-0.3, -0.25) is 4.90 Å². The van der Waals surface area contributed by atoms with Gasteiger partial charge in [0.05, 0.1) is 5.69 Å². The standard InChI is InChI=1S/C14H20N2O3/c15-12-6-4-5-11(14(17)18)13(12)19-10-9-16-7-2-1-3-8-16/h4-6H,1-3,7-10,15H2,(H,17,18). The lowest BCUT2D eigenvalue weighted by molar-refractivity contribution is 0.0691. The quantitative estimate of drug-likeness (QED) is 0.793. The minimum atomic E-state index is -1.01. The number of rotatable bonds is 5. The molecule has 1 aliphatic heterocycles. The molecule has 0 bridgehead atoms. The van der Waals surface area contributed by atoms with Gasteiger partial charge in [0, 0.05) is 6.54 Å². The summed E-state index contributed by atoms with van der Waals surface area (Å²) in [5, 5.41) is 9.09. The van der Waals surface area contributed by atoms with Crippen molar-refractivity contribution >= 4 is 11.7 Å². The van der Waals surface area contributed by atoms with Crippen molar-refractivity contribution in [2.75, 3.05) is 32.0 Å². The van der Waals surface area contributed by atoms with Gasteiger partial charge in [-0.15, -0.1) is 0 Å². The van der Waals surface area contributed by atoms with Crippen LogP contribution in [0, 0.1) is 0 Å². The molecule has 19 heavy (non-hydrogen) atoms. The number of hydrogen-bond donors (Lipinski definition) is 2. The molecule has 0 radical (unpaired) electrons. The molecule has 5 nitrogen and oxygen atoms in total. The second kappa shape index (κ2) is 6.43. The van der Waals surface area contributed by atoms with Gasteiger partial charge in [0.2, 0.25) is 0 Å². The van der Waals surface area contributed by atoms with E-state index < -0.39 is 5.97 Å². The highest BCUT2D eigenvalue weighted by Gasteiger charge is 2.15. The zero-order valence-corrected chi connectivity index (χ0v) is 11.0. The van der Waals surface area contributed by atoms with Gasteiger partial charge < -0.3 is 15.6 Å². The molecule has 1 aliphatic rings. The number of anilines is 1. The second-order valence-corrected chi connectivity index (χ2v) is 4.78. The lowest BCUT2D eigenvalue weighted by Gasteiger charge is -2.26. The lowest BCUT2D eigenvalue weighted by atomic mass is 10.1. The summed E-state index contributed by atoms with van der Waals surface area (Å²) in [7, 11) is 0. The highest BCUT2D eigenvalue weighted by atomic mass is 16.5. The zero-order chi connectivity index (χ0) is 13.7. The molecule has 0 unspecified atom stereocenters. The molecule has 0 saturated carbocycles. The molecule has 1 saturated heterocycles. The van der Waals surface area contributed by atoms with Crippen LogP contribution in [0.4, 0.5) is 5.69 Å². The molecule has 1 aromatic rings. The summed E-state index contributed by atoms with van der Waals surface area (Å²) >= 11 is 0. The molecule has 2 rings (SSSR count). The van der Waals surface area contributed by atoms with Crippen LogP contribution in [0.3, 0.4) is 0 Å². The first-order valence-electron chi connectivity index (χ1n) is 6.65. The minimum absolute atomic E-state index is 0.124. The van der Waals surface area contributed by atoms with Crippen molar-refractivity contribution in [3.8, 4) is 5.75 Å². The Morgan fingerprint density at radius 2 is 2.05 bits per heavy atom. The summed E-state index contributed by atoms with van der Waals surface area (Å²) in [5.74, 6) is -0.729. The average Bonchev–Trinajstić information content (AvgIpc) is 2.41. The first-order chi connectivity index (χ1) is 9.18. The molecule has 1 aromatic carbocycles. The topological polar surface area (TPSA) is 75.8 Å². The third-order valence-electron chi connectivity index (χ3n) is 3.38. The van der Waals surface area contributed by atoms with Crippen LogP contribution in [-0.4, -0.2) is 42.2 Å². The number of carboxylic acid groups (broad SMARTS) is 1. The van der Waals surface area contributed by atoms with Crippen LogP contribution in [0.15, 0.2) is 18.2 Å². The highest BCUT2D eigenvalue weighted by Crippen LogP contribution is 2.26. The Morgan fingerprint density at radius 3 is 2.74 bits per heavy atom. The smallest absolute Gasteiger partial charge is 0.339 e. The summed E-state index contributed by atoms with van der Waals surface area (Å²) in [6, 6.07) is 4.79. The Bertz CT molecular complexity index is 442. The van der Waals surface area contributed by atoms with Crippen molar-refractivity contribution in [2.45, 2.75) is 19.3 Å². The summed E-state index contributed by atoms with van der Waals surface area (Å²) in [5.41, 5.74) is 6.27. The largest absolute Gasteiger partial charge is 0.489 e. The summed E-state index contributed by atoms with van der Waals surface area (Å²) in [4.78, 5) is 13.4. The van der Waals surface area contributed by atoms with Gasteiger partial charge in [-0.2, -0.15) is 0 Å². The molecule has 0 amide bonds. The van der Waals surface area contributed by atoms with E-state index in [4.69, 9.17) is 15.6 Å². The van der Waals surface area contributed by atoms with E-state index in [1.807, 2.05) is 0 Å². The van der Waals surface area contributed by atoms with E-state index in [1.54, 1.807) is 12.1 Å². The number of nitrogen functional groups attached to an aromatic ring is 1. The number of para-hydroxylation sites is 1. The molecule has 3 N–H and O–H groups in total. The molecule has 1 heterocycles. The predicted molar refractivity (Wildman–Crippen MR) is 73.6 cm³/mol. The fourth-order valence-corrected chi connectivity index (χ4v) is 2.34. The first kappa shape index (κ1) is 13.7. The normalized spacial score (nSPS) is 16.2. The van der Waals surface area contributed by atoms with Crippen molar-refractivity contribution in [1.82, 2.24) is 4.90 Å². The molecule has 0 aromatic heterocycles. The van der Waals surface area contributed by atoms with Gasteiger partial charge in [0.1, 0.15) is 12.2 Å². The van der Waals surface area contributed by atoms with Crippen LogP contribution in [-0.2, 0) is 0 Å². The maximum Gasteiger partial charge on any atom is 0.339 e. The zero-order valence-electron chi connectivity index (χ0n) is 11.0.